The lowest BCUT2D eigenvalue weighted by atomic mass is 10.0. The van der Waals surface area contributed by atoms with E-state index in [9.17, 15) is 18.0 Å². The van der Waals surface area contributed by atoms with Gasteiger partial charge in [0.1, 0.15) is 15.5 Å². The van der Waals surface area contributed by atoms with Gasteiger partial charge < -0.3 is 15.2 Å². The molecule has 0 bridgehead atoms. The van der Waals surface area contributed by atoms with E-state index in [-0.39, 0.29) is 29.9 Å². The van der Waals surface area contributed by atoms with Crippen LogP contribution in [0.1, 0.15) is 24.0 Å². The Labute approximate surface area is 158 Å². The molecule has 1 aliphatic carbocycles. The van der Waals surface area contributed by atoms with Crippen LogP contribution in [0.3, 0.4) is 0 Å². The molecular formula is C19H23N3O4S. The summed E-state index contributed by atoms with van der Waals surface area (Å²) in [7, 11) is -3.18. The Kier molecular flexibility index (Phi) is 5.36. The minimum absolute atomic E-state index is 0.0430. The highest BCUT2D eigenvalue weighted by Crippen LogP contribution is 2.32. The van der Waals surface area contributed by atoms with E-state index in [1.807, 2.05) is 12.1 Å². The molecule has 2 aromatic rings. The van der Waals surface area contributed by atoms with Gasteiger partial charge in [-0.3, -0.25) is 4.79 Å². The first kappa shape index (κ1) is 19.2. The second-order valence-corrected chi connectivity index (χ2v) is 9.21. The highest BCUT2D eigenvalue weighted by atomic mass is 32.2. The Hall–Kier alpha value is -2.61. The molecule has 0 radical (unpaired) electrons. The summed E-state index contributed by atoms with van der Waals surface area (Å²) >= 11 is 0. The van der Waals surface area contributed by atoms with Crippen LogP contribution in [0.15, 0.2) is 47.4 Å². The maximum Gasteiger partial charge on any atom is 0.319 e. The Morgan fingerprint density at radius 1 is 1.22 bits per heavy atom. The minimum Gasteiger partial charge on any atom is -0.334 e. The molecule has 27 heavy (non-hydrogen) atoms. The number of benzene rings is 1. The fourth-order valence-corrected chi connectivity index (χ4v) is 3.90. The SMILES string of the molecule is C[C@H]1c2ccccc2C[C@H]1NC(=O)Nc1cccn(CCS(C)(=O)=O)c1=O. The number of carbonyl (C=O) groups is 1. The number of nitrogens with one attached hydrogen (secondary N) is 2. The molecule has 0 saturated heterocycles. The standard InChI is InChI=1S/C19H23N3O4S/c1-13-15-7-4-3-6-14(15)12-17(13)21-19(24)20-16-8-5-9-22(18(16)23)10-11-27(2,25)26/h3-9,13,17H,10-12H2,1-2H3,(H2,20,21,24)/t13-,17+/m0/s1. The maximum absolute atomic E-state index is 12.4. The van der Waals surface area contributed by atoms with Crippen molar-refractivity contribution in [1.29, 1.82) is 0 Å². The normalized spacial score (nSPS) is 18.7. The Morgan fingerprint density at radius 3 is 2.67 bits per heavy atom. The molecule has 3 rings (SSSR count). The molecule has 1 aliphatic rings. The van der Waals surface area contributed by atoms with Crippen molar-refractivity contribution in [2.24, 2.45) is 0 Å². The van der Waals surface area contributed by atoms with Crippen molar-refractivity contribution in [3.05, 3.63) is 64.1 Å². The molecule has 0 fully saturated rings. The van der Waals surface area contributed by atoms with Crippen molar-refractivity contribution < 1.29 is 13.2 Å². The highest BCUT2D eigenvalue weighted by molar-refractivity contribution is 7.90. The largest absolute Gasteiger partial charge is 0.334 e. The molecule has 0 aliphatic heterocycles. The number of pyridine rings is 1. The Balaban J connectivity index is 1.66. The van der Waals surface area contributed by atoms with E-state index in [0.717, 1.165) is 12.7 Å². The van der Waals surface area contributed by atoms with Gasteiger partial charge in [0.05, 0.1) is 5.75 Å². The van der Waals surface area contributed by atoms with Crippen LogP contribution in [-0.2, 0) is 22.8 Å². The van der Waals surface area contributed by atoms with Crippen LogP contribution in [0.4, 0.5) is 10.5 Å². The van der Waals surface area contributed by atoms with E-state index >= 15 is 0 Å². The van der Waals surface area contributed by atoms with Gasteiger partial charge in [0.15, 0.2) is 0 Å². The highest BCUT2D eigenvalue weighted by Gasteiger charge is 2.29. The van der Waals surface area contributed by atoms with Gasteiger partial charge in [0.2, 0.25) is 0 Å². The first-order valence-corrected chi connectivity index (χ1v) is 10.8. The van der Waals surface area contributed by atoms with Crippen LogP contribution in [0.2, 0.25) is 0 Å². The quantitative estimate of drug-likeness (QED) is 0.814. The van der Waals surface area contributed by atoms with Crippen molar-refractivity contribution in [3.63, 3.8) is 0 Å². The fraction of sp³-hybridized carbons (Fsp3) is 0.368. The van der Waals surface area contributed by atoms with Gasteiger partial charge in [-0.25, -0.2) is 13.2 Å². The van der Waals surface area contributed by atoms with E-state index in [0.29, 0.717) is 0 Å². The van der Waals surface area contributed by atoms with Crippen LogP contribution in [0, 0.1) is 0 Å². The number of carbonyl (C=O) groups excluding carboxylic acids is 1. The van der Waals surface area contributed by atoms with Gasteiger partial charge in [0.25, 0.3) is 5.56 Å². The molecule has 7 nitrogen and oxygen atoms in total. The number of urea groups is 1. The molecule has 0 unspecified atom stereocenters. The number of rotatable bonds is 5. The zero-order valence-electron chi connectivity index (χ0n) is 15.3. The summed E-state index contributed by atoms with van der Waals surface area (Å²) in [6.07, 6.45) is 3.37. The number of anilines is 1. The minimum atomic E-state index is -3.18. The molecule has 2 atom stereocenters. The molecule has 8 heteroatoms. The van der Waals surface area contributed by atoms with E-state index < -0.39 is 21.4 Å². The monoisotopic (exact) mass is 389 g/mol. The zero-order chi connectivity index (χ0) is 19.6. The summed E-state index contributed by atoms with van der Waals surface area (Å²) in [4.78, 5) is 24.8. The summed E-state index contributed by atoms with van der Waals surface area (Å²) in [5.41, 5.74) is 2.13. The predicted molar refractivity (Wildman–Crippen MR) is 105 cm³/mol. The topological polar surface area (TPSA) is 97.3 Å². The van der Waals surface area contributed by atoms with E-state index in [2.05, 4.69) is 29.7 Å². The average molecular weight is 389 g/mol. The molecule has 1 aromatic carbocycles. The third-order valence-electron chi connectivity index (χ3n) is 4.88. The molecule has 0 spiro atoms. The van der Waals surface area contributed by atoms with Gasteiger partial charge in [-0.05, 0) is 29.7 Å². The van der Waals surface area contributed by atoms with Crippen LogP contribution in [0.25, 0.3) is 0 Å². The second kappa shape index (κ2) is 7.56. The van der Waals surface area contributed by atoms with Crippen LogP contribution in [0.5, 0.6) is 0 Å². The van der Waals surface area contributed by atoms with Gasteiger partial charge in [-0.2, -0.15) is 0 Å². The summed E-state index contributed by atoms with van der Waals surface area (Å²) in [6.45, 7) is 2.11. The van der Waals surface area contributed by atoms with Crippen molar-refractivity contribution in [3.8, 4) is 0 Å². The lowest BCUT2D eigenvalue weighted by Gasteiger charge is -2.18. The van der Waals surface area contributed by atoms with Gasteiger partial charge in [-0.1, -0.05) is 31.2 Å². The average Bonchev–Trinajstić information content (AvgIpc) is 2.91. The van der Waals surface area contributed by atoms with Gasteiger partial charge >= 0.3 is 6.03 Å². The number of hydrogen-bond acceptors (Lipinski definition) is 4. The molecule has 0 saturated carbocycles. The number of hydrogen-bond donors (Lipinski definition) is 2. The second-order valence-electron chi connectivity index (χ2n) is 6.95. The van der Waals surface area contributed by atoms with E-state index in [1.54, 1.807) is 6.07 Å². The summed E-state index contributed by atoms with van der Waals surface area (Å²) in [6, 6.07) is 10.7. The van der Waals surface area contributed by atoms with Crippen LogP contribution < -0.4 is 16.2 Å². The summed E-state index contributed by atoms with van der Waals surface area (Å²) in [5.74, 6) is 0.0505. The molecule has 2 amide bonds. The number of nitrogens with zero attached hydrogens (tertiary/aromatic N) is 1. The summed E-state index contributed by atoms with van der Waals surface area (Å²) in [5, 5.41) is 5.52. The first-order chi connectivity index (χ1) is 12.7. The first-order valence-electron chi connectivity index (χ1n) is 8.77. The lowest BCUT2D eigenvalue weighted by molar-refractivity contribution is 0.247. The number of amides is 2. The number of aryl methyl sites for hydroxylation is 1. The molecule has 1 aromatic heterocycles. The third-order valence-corrected chi connectivity index (χ3v) is 5.80. The van der Waals surface area contributed by atoms with Gasteiger partial charge in [0, 0.05) is 31.0 Å². The predicted octanol–water partition coefficient (Wildman–Crippen LogP) is 1.74. The zero-order valence-corrected chi connectivity index (χ0v) is 16.1. The van der Waals surface area contributed by atoms with Crippen LogP contribution >= 0.6 is 0 Å². The van der Waals surface area contributed by atoms with Crippen molar-refractivity contribution >= 4 is 21.6 Å². The number of sulfone groups is 1. The van der Waals surface area contributed by atoms with E-state index in [4.69, 9.17) is 0 Å². The van der Waals surface area contributed by atoms with E-state index in [1.165, 1.54) is 28.0 Å². The van der Waals surface area contributed by atoms with Crippen molar-refractivity contribution in [1.82, 2.24) is 9.88 Å². The number of aromatic nitrogens is 1. The fourth-order valence-electron chi connectivity index (χ4n) is 3.37. The molecule has 144 valence electrons. The Morgan fingerprint density at radius 2 is 1.96 bits per heavy atom. The van der Waals surface area contributed by atoms with Gasteiger partial charge in [-0.15, -0.1) is 0 Å². The van der Waals surface area contributed by atoms with Crippen molar-refractivity contribution in [2.75, 3.05) is 17.3 Å². The molecule has 1 heterocycles. The smallest absolute Gasteiger partial charge is 0.319 e. The Bertz CT molecular complexity index is 1010. The third kappa shape index (κ3) is 4.57. The number of fused-ring (bicyclic) bond motifs is 1. The van der Waals surface area contributed by atoms with Crippen molar-refractivity contribution in [2.45, 2.75) is 31.8 Å². The molecular weight excluding hydrogens is 366 g/mol. The maximum atomic E-state index is 12.4. The van der Waals surface area contributed by atoms with Crippen LogP contribution in [-0.4, -0.2) is 37.1 Å². The molecule has 2 N–H and O–H groups in total. The summed E-state index contributed by atoms with van der Waals surface area (Å²) < 4.78 is 23.9. The lowest BCUT2D eigenvalue weighted by Crippen LogP contribution is -2.41.